The molecule has 1 saturated heterocycles. The summed E-state index contributed by atoms with van der Waals surface area (Å²) in [6.07, 6.45) is 6.75. The smallest absolute Gasteiger partial charge is 0.256 e. The van der Waals surface area contributed by atoms with E-state index in [0.29, 0.717) is 35.1 Å². The highest BCUT2D eigenvalue weighted by Crippen LogP contribution is 2.37. The number of nitrogens with one attached hydrogen (secondary N) is 1. The van der Waals surface area contributed by atoms with E-state index < -0.39 is 15.9 Å². The molecule has 2 heterocycles. The van der Waals surface area contributed by atoms with E-state index in [1.54, 1.807) is 0 Å². The van der Waals surface area contributed by atoms with E-state index in [1.807, 2.05) is 0 Å². The van der Waals surface area contributed by atoms with E-state index in [1.165, 1.54) is 39.9 Å². The first-order valence-corrected chi connectivity index (χ1v) is 13.4. The number of aryl methyl sites for hydroxylation is 1. The molecule has 7 nitrogen and oxygen atoms in total. The van der Waals surface area contributed by atoms with Gasteiger partial charge in [0.25, 0.3) is 11.8 Å². The van der Waals surface area contributed by atoms with Gasteiger partial charge in [-0.25, -0.2) is 8.42 Å². The van der Waals surface area contributed by atoms with Crippen LogP contribution < -0.4 is 11.1 Å². The molecular formula is C23H29N3O4S2. The zero-order valence-electron chi connectivity index (χ0n) is 18.2. The standard InChI is InChI=1S/C23H29N3O4S2/c1-15-6-5-13-26(14-15)32(29,30)17-11-9-16(10-12-17)22(28)25-23-20(21(24)27)18-7-3-2-4-8-19(18)31-23/h9-12,15H,2-8,13-14H2,1H3,(H2,24,27)(H,25,28). The maximum atomic E-state index is 12.9. The number of nitrogens with zero attached hydrogens (tertiary/aromatic N) is 1. The summed E-state index contributed by atoms with van der Waals surface area (Å²) in [4.78, 5) is 26.3. The van der Waals surface area contributed by atoms with Crippen LogP contribution in [-0.4, -0.2) is 37.6 Å². The zero-order chi connectivity index (χ0) is 22.9. The normalized spacial score (nSPS) is 19.7. The molecule has 1 unspecified atom stereocenters. The first kappa shape index (κ1) is 22.9. The number of fused-ring (bicyclic) bond motifs is 1. The summed E-state index contributed by atoms with van der Waals surface area (Å²) < 4.78 is 27.4. The van der Waals surface area contributed by atoms with Crippen LogP contribution in [0, 0.1) is 5.92 Å². The number of piperidine rings is 1. The molecular weight excluding hydrogens is 446 g/mol. The fraction of sp³-hybridized carbons (Fsp3) is 0.478. The van der Waals surface area contributed by atoms with Gasteiger partial charge in [0.1, 0.15) is 5.00 Å². The number of primary amides is 1. The van der Waals surface area contributed by atoms with Gasteiger partial charge in [-0.15, -0.1) is 11.3 Å². The number of carbonyl (C=O) groups is 2. The molecule has 0 spiro atoms. The number of benzene rings is 1. The van der Waals surface area contributed by atoms with Crippen molar-refractivity contribution in [1.82, 2.24) is 4.31 Å². The highest BCUT2D eigenvalue weighted by molar-refractivity contribution is 7.89. The van der Waals surface area contributed by atoms with Crippen molar-refractivity contribution >= 4 is 38.2 Å². The Morgan fingerprint density at radius 1 is 1.09 bits per heavy atom. The molecule has 1 aromatic heterocycles. The first-order chi connectivity index (χ1) is 15.3. The van der Waals surface area contributed by atoms with Crippen molar-refractivity contribution in [2.75, 3.05) is 18.4 Å². The number of amides is 2. The predicted molar refractivity (Wildman–Crippen MR) is 126 cm³/mol. The van der Waals surface area contributed by atoms with Crippen molar-refractivity contribution in [2.24, 2.45) is 11.7 Å². The first-order valence-electron chi connectivity index (χ1n) is 11.1. The molecule has 0 bridgehead atoms. The Morgan fingerprint density at radius 2 is 1.81 bits per heavy atom. The highest BCUT2D eigenvalue weighted by atomic mass is 32.2. The summed E-state index contributed by atoms with van der Waals surface area (Å²) >= 11 is 1.42. The summed E-state index contributed by atoms with van der Waals surface area (Å²) in [6, 6.07) is 5.97. The number of carbonyl (C=O) groups excluding carboxylic acids is 2. The number of nitrogens with two attached hydrogens (primary N) is 1. The number of hydrogen-bond donors (Lipinski definition) is 2. The number of thiophene rings is 1. The van der Waals surface area contributed by atoms with E-state index >= 15 is 0 Å². The van der Waals surface area contributed by atoms with Gasteiger partial charge in [0, 0.05) is 23.5 Å². The van der Waals surface area contributed by atoms with Crippen LogP contribution in [0.5, 0.6) is 0 Å². The molecule has 0 saturated carbocycles. The molecule has 2 aromatic rings. The van der Waals surface area contributed by atoms with Gasteiger partial charge in [-0.2, -0.15) is 4.31 Å². The third kappa shape index (κ3) is 4.60. The molecule has 4 rings (SSSR count). The van der Waals surface area contributed by atoms with E-state index in [0.717, 1.165) is 55.4 Å². The Labute approximate surface area is 193 Å². The second kappa shape index (κ2) is 9.33. The average Bonchev–Trinajstić information content (AvgIpc) is 2.94. The molecule has 1 aliphatic heterocycles. The van der Waals surface area contributed by atoms with Crippen molar-refractivity contribution < 1.29 is 18.0 Å². The molecule has 9 heteroatoms. The number of anilines is 1. The summed E-state index contributed by atoms with van der Waals surface area (Å²) in [5.74, 6) is -0.583. The van der Waals surface area contributed by atoms with Gasteiger partial charge in [0.15, 0.2) is 0 Å². The topological polar surface area (TPSA) is 110 Å². The van der Waals surface area contributed by atoms with Crippen LogP contribution in [0.3, 0.4) is 0 Å². The minimum absolute atomic E-state index is 0.184. The molecule has 1 atom stereocenters. The lowest BCUT2D eigenvalue weighted by atomic mass is 10.0. The lowest BCUT2D eigenvalue weighted by Gasteiger charge is -2.30. The molecule has 3 N–H and O–H groups in total. The number of sulfonamides is 1. The summed E-state index contributed by atoms with van der Waals surface area (Å²) in [7, 11) is -3.58. The Bertz CT molecular complexity index is 1120. The van der Waals surface area contributed by atoms with Crippen molar-refractivity contribution in [1.29, 1.82) is 0 Å². The van der Waals surface area contributed by atoms with Crippen molar-refractivity contribution in [3.05, 3.63) is 45.8 Å². The molecule has 2 amide bonds. The van der Waals surface area contributed by atoms with Crippen LogP contribution in [0.2, 0.25) is 0 Å². The van der Waals surface area contributed by atoms with Gasteiger partial charge in [-0.05, 0) is 74.3 Å². The quantitative estimate of drug-likeness (QED) is 0.641. The summed E-state index contributed by atoms with van der Waals surface area (Å²) in [6.45, 7) is 3.09. The van der Waals surface area contributed by atoms with Crippen LogP contribution in [0.1, 0.15) is 70.2 Å². The van der Waals surface area contributed by atoms with Gasteiger partial charge >= 0.3 is 0 Å². The third-order valence-corrected chi connectivity index (χ3v) is 9.36. The zero-order valence-corrected chi connectivity index (χ0v) is 19.9. The van der Waals surface area contributed by atoms with E-state index in [2.05, 4.69) is 12.2 Å². The van der Waals surface area contributed by atoms with Gasteiger partial charge in [0.05, 0.1) is 10.5 Å². The van der Waals surface area contributed by atoms with E-state index in [9.17, 15) is 18.0 Å². The molecule has 172 valence electrons. The van der Waals surface area contributed by atoms with Crippen LogP contribution in [-0.2, 0) is 22.9 Å². The molecule has 1 aliphatic carbocycles. The van der Waals surface area contributed by atoms with Crippen LogP contribution in [0.15, 0.2) is 29.2 Å². The lowest BCUT2D eigenvalue weighted by Crippen LogP contribution is -2.39. The van der Waals surface area contributed by atoms with E-state index in [4.69, 9.17) is 5.73 Å². The number of rotatable bonds is 5. The van der Waals surface area contributed by atoms with Gasteiger partial charge in [-0.3, -0.25) is 9.59 Å². The number of hydrogen-bond acceptors (Lipinski definition) is 5. The molecule has 1 fully saturated rings. The SMILES string of the molecule is CC1CCCN(S(=O)(=O)c2ccc(C(=O)Nc3sc4c(c3C(N)=O)CCCCC4)cc2)C1. The summed E-state index contributed by atoms with van der Waals surface area (Å²) in [5.41, 5.74) is 7.35. The Kier molecular flexibility index (Phi) is 6.69. The van der Waals surface area contributed by atoms with Crippen LogP contribution in [0.4, 0.5) is 5.00 Å². The molecule has 1 aromatic carbocycles. The van der Waals surface area contributed by atoms with Gasteiger partial charge in [-0.1, -0.05) is 13.3 Å². The highest BCUT2D eigenvalue weighted by Gasteiger charge is 2.29. The second-order valence-electron chi connectivity index (χ2n) is 8.72. The fourth-order valence-corrected chi connectivity index (χ4v) is 7.45. The van der Waals surface area contributed by atoms with Crippen molar-refractivity contribution in [2.45, 2.75) is 56.8 Å². The predicted octanol–water partition coefficient (Wildman–Crippen LogP) is 3.79. The van der Waals surface area contributed by atoms with Gasteiger partial charge in [0.2, 0.25) is 10.0 Å². The van der Waals surface area contributed by atoms with Crippen LogP contribution >= 0.6 is 11.3 Å². The molecule has 2 aliphatic rings. The van der Waals surface area contributed by atoms with Gasteiger partial charge < -0.3 is 11.1 Å². The molecule has 32 heavy (non-hydrogen) atoms. The Hall–Kier alpha value is -2.23. The Morgan fingerprint density at radius 3 is 2.50 bits per heavy atom. The lowest BCUT2D eigenvalue weighted by molar-refractivity contribution is 0.100. The van der Waals surface area contributed by atoms with Crippen molar-refractivity contribution in [3.8, 4) is 0 Å². The second-order valence-corrected chi connectivity index (χ2v) is 11.8. The van der Waals surface area contributed by atoms with E-state index in [-0.39, 0.29) is 10.8 Å². The average molecular weight is 476 g/mol. The summed E-state index contributed by atoms with van der Waals surface area (Å²) in [5, 5.41) is 3.31. The maximum Gasteiger partial charge on any atom is 0.256 e. The minimum Gasteiger partial charge on any atom is -0.365 e. The largest absolute Gasteiger partial charge is 0.365 e. The third-order valence-electron chi connectivity index (χ3n) is 6.27. The monoisotopic (exact) mass is 475 g/mol. The Balaban J connectivity index is 1.53. The minimum atomic E-state index is -3.58. The fourth-order valence-electron chi connectivity index (χ4n) is 4.56. The van der Waals surface area contributed by atoms with Crippen LogP contribution in [0.25, 0.3) is 0 Å². The molecule has 0 radical (unpaired) electrons. The maximum absolute atomic E-state index is 12.9. The van der Waals surface area contributed by atoms with Crippen molar-refractivity contribution in [3.63, 3.8) is 0 Å².